The van der Waals surface area contributed by atoms with Gasteiger partial charge < -0.3 is 9.30 Å². The lowest BCUT2D eigenvalue weighted by molar-refractivity contribution is 0.0458. The highest BCUT2D eigenvalue weighted by Crippen LogP contribution is 2.31. The van der Waals surface area contributed by atoms with Crippen molar-refractivity contribution in [2.24, 2.45) is 0 Å². The summed E-state index contributed by atoms with van der Waals surface area (Å²) in [5.41, 5.74) is 2.24. The van der Waals surface area contributed by atoms with Gasteiger partial charge in [0.05, 0.1) is 12.1 Å². The molecule has 0 saturated heterocycles. The zero-order chi connectivity index (χ0) is 16.0. The summed E-state index contributed by atoms with van der Waals surface area (Å²) in [6, 6.07) is 12.1. The topological polar surface area (TPSA) is 31.2 Å². The summed E-state index contributed by atoms with van der Waals surface area (Å²) in [5, 5.41) is 0.844. The summed E-state index contributed by atoms with van der Waals surface area (Å²) in [4.78, 5) is 12.1. The average molecular weight is 330 g/mol. The van der Waals surface area contributed by atoms with E-state index in [0.717, 1.165) is 16.5 Å². The first-order valence-corrected chi connectivity index (χ1v) is 7.76. The Bertz CT molecular complexity index is 919. The van der Waals surface area contributed by atoms with Crippen LogP contribution in [0.1, 0.15) is 21.5 Å². The SMILES string of the molecule is O=C1OC(Cl)Cc2cn(Cc3ccccc3F)c3cccc1c23. The summed E-state index contributed by atoms with van der Waals surface area (Å²) < 4.78 is 21.1. The minimum atomic E-state index is -0.692. The molecule has 1 aromatic heterocycles. The molecule has 0 fully saturated rings. The fourth-order valence-electron chi connectivity index (χ4n) is 3.10. The first kappa shape index (κ1) is 14.3. The fraction of sp³-hybridized carbons (Fsp3) is 0.167. The van der Waals surface area contributed by atoms with Crippen LogP contribution in [0.5, 0.6) is 0 Å². The molecule has 5 heteroatoms. The first-order chi connectivity index (χ1) is 11.1. The van der Waals surface area contributed by atoms with Gasteiger partial charge in [-0.15, -0.1) is 0 Å². The standard InChI is InChI=1S/C18H13ClFNO2/c19-16-8-12-10-21(9-11-4-1-2-6-14(11)20)15-7-3-5-13(17(12)15)18(22)23-16/h1-7,10,16H,8-9H2. The second kappa shape index (κ2) is 5.39. The van der Waals surface area contributed by atoms with Crippen molar-refractivity contribution in [1.82, 2.24) is 4.57 Å². The Labute approximate surface area is 137 Å². The van der Waals surface area contributed by atoms with Crippen LogP contribution in [0.25, 0.3) is 10.9 Å². The van der Waals surface area contributed by atoms with E-state index in [1.54, 1.807) is 24.3 Å². The fourth-order valence-corrected chi connectivity index (χ4v) is 3.35. The predicted octanol–water partition coefficient (Wildman–Crippen LogP) is 4.11. The molecule has 23 heavy (non-hydrogen) atoms. The molecule has 116 valence electrons. The Morgan fingerprint density at radius 2 is 2.04 bits per heavy atom. The number of hydrogen-bond acceptors (Lipinski definition) is 2. The van der Waals surface area contributed by atoms with E-state index >= 15 is 0 Å². The van der Waals surface area contributed by atoms with E-state index in [4.69, 9.17) is 16.3 Å². The van der Waals surface area contributed by atoms with Crippen LogP contribution in [-0.2, 0) is 17.7 Å². The number of carbonyl (C=O) groups is 1. The lowest BCUT2D eigenvalue weighted by atomic mass is 10.1. The molecule has 2 heterocycles. The minimum absolute atomic E-state index is 0.242. The number of halogens is 2. The Morgan fingerprint density at radius 1 is 1.22 bits per heavy atom. The summed E-state index contributed by atoms with van der Waals surface area (Å²) >= 11 is 6.07. The second-order valence-electron chi connectivity index (χ2n) is 5.59. The predicted molar refractivity (Wildman–Crippen MR) is 86.2 cm³/mol. The smallest absolute Gasteiger partial charge is 0.340 e. The molecular formula is C18H13ClFNO2. The maximum atomic E-state index is 13.9. The summed E-state index contributed by atoms with van der Waals surface area (Å²) in [6.07, 6.45) is 2.36. The largest absolute Gasteiger partial charge is 0.442 e. The van der Waals surface area contributed by atoms with Crippen molar-refractivity contribution in [3.8, 4) is 0 Å². The number of benzene rings is 2. The number of hydrogen-bond donors (Lipinski definition) is 0. The van der Waals surface area contributed by atoms with Crippen molar-refractivity contribution in [2.75, 3.05) is 0 Å². The summed E-state index contributed by atoms with van der Waals surface area (Å²) in [5.74, 6) is -0.660. The lowest BCUT2D eigenvalue weighted by Gasteiger charge is -2.09. The number of carbonyl (C=O) groups excluding carboxylic acids is 1. The number of alkyl halides is 1. The zero-order valence-electron chi connectivity index (χ0n) is 12.1. The molecule has 0 radical (unpaired) electrons. The third-order valence-corrected chi connectivity index (χ3v) is 4.36. The highest BCUT2D eigenvalue weighted by Gasteiger charge is 2.25. The van der Waals surface area contributed by atoms with Crippen molar-refractivity contribution in [3.63, 3.8) is 0 Å². The quantitative estimate of drug-likeness (QED) is 0.523. The van der Waals surface area contributed by atoms with Gasteiger partial charge in [-0.2, -0.15) is 0 Å². The molecule has 0 spiro atoms. The van der Waals surface area contributed by atoms with Crippen molar-refractivity contribution >= 4 is 28.5 Å². The Balaban J connectivity index is 1.89. The van der Waals surface area contributed by atoms with Gasteiger partial charge in [0.15, 0.2) is 5.56 Å². The molecule has 0 aliphatic carbocycles. The van der Waals surface area contributed by atoms with E-state index in [1.165, 1.54) is 6.07 Å². The van der Waals surface area contributed by atoms with Gasteiger partial charge in [-0.05, 0) is 23.8 Å². The van der Waals surface area contributed by atoms with Crippen LogP contribution in [0, 0.1) is 5.82 Å². The molecule has 1 aliphatic heterocycles. The Morgan fingerprint density at radius 3 is 2.87 bits per heavy atom. The molecule has 0 bridgehead atoms. The maximum Gasteiger partial charge on any atom is 0.340 e. The Hall–Kier alpha value is -2.33. The number of cyclic esters (lactones) is 1. The van der Waals surface area contributed by atoms with Gasteiger partial charge in [0.2, 0.25) is 0 Å². The molecular weight excluding hydrogens is 317 g/mol. The number of aromatic nitrogens is 1. The van der Waals surface area contributed by atoms with E-state index in [9.17, 15) is 9.18 Å². The van der Waals surface area contributed by atoms with Gasteiger partial charge in [0.25, 0.3) is 0 Å². The molecule has 1 atom stereocenters. The van der Waals surface area contributed by atoms with Crippen molar-refractivity contribution < 1.29 is 13.9 Å². The number of nitrogens with zero attached hydrogens (tertiary/aromatic N) is 1. The summed E-state index contributed by atoms with van der Waals surface area (Å²) in [6.45, 7) is 0.397. The molecule has 4 rings (SSSR count). The van der Waals surface area contributed by atoms with Crippen LogP contribution < -0.4 is 0 Å². The van der Waals surface area contributed by atoms with E-state index in [2.05, 4.69) is 0 Å². The summed E-state index contributed by atoms with van der Waals surface area (Å²) in [7, 11) is 0. The van der Waals surface area contributed by atoms with Crippen LogP contribution in [0.15, 0.2) is 48.7 Å². The highest BCUT2D eigenvalue weighted by molar-refractivity contribution is 6.21. The van der Waals surface area contributed by atoms with Crippen LogP contribution in [0.2, 0.25) is 0 Å². The van der Waals surface area contributed by atoms with E-state index in [-0.39, 0.29) is 5.82 Å². The molecule has 3 nitrogen and oxygen atoms in total. The van der Waals surface area contributed by atoms with E-state index in [1.807, 2.05) is 22.9 Å². The monoisotopic (exact) mass is 329 g/mol. The molecule has 2 aromatic carbocycles. The molecule has 1 aliphatic rings. The second-order valence-corrected chi connectivity index (χ2v) is 6.08. The van der Waals surface area contributed by atoms with Gasteiger partial charge in [0.1, 0.15) is 5.82 Å². The van der Waals surface area contributed by atoms with Gasteiger partial charge in [-0.25, -0.2) is 9.18 Å². The van der Waals surface area contributed by atoms with Gasteiger partial charge in [-0.3, -0.25) is 0 Å². The van der Waals surface area contributed by atoms with E-state index in [0.29, 0.717) is 24.1 Å². The van der Waals surface area contributed by atoms with Crippen molar-refractivity contribution in [1.29, 1.82) is 0 Å². The average Bonchev–Trinajstić information content (AvgIpc) is 2.81. The van der Waals surface area contributed by atoms with Crippen LogP contribution >= 0.6 is 11.6 Å². The zero-order valence-corrected chi connectivity index (χ0v) is 12.9. The number of ether oxygens (including phenoxy) is 1. The van der Waals surface area contributed by atoms with Gasteiger partial charge >= 0.3 is 5.97 Å². The Kier molecular flexibility index (Phi) is 3.34. The molecule has 0 amide bonds. The van der Waals surface area contributed by atoms with Crippen molar-refractivity contribution in [2.45, 2.75) is 18.5 Å². The molecule has 0 N–H and O–H groups in total. The molecule has 0 saturated carbocycles. The highest BCUT2D eigenvalue weighted by atomic mass is 35.5. The lowest BCUT2D eigenvalue weighted by Crippen LogP contribution is -2.12. The molecule has 3 aromatic rings. The number of rotatable bonds is 2. The van der Waals surface area contributed by atoms with Gasteiger partial charge in [-0.1, -0.05) is 35.9 Å². The maximum absolute atomic E-state index is 13.9. The van der Waals surface area contributed by atoms with Crippen LogP contribution in [-0.4, -0.2) is 16.1 Å². The molecule has 1 unspecified atom stereocenters. The number of esters is 1. The van der Waals surface area contributed by atoms with Crippen molar-refractivity contribution in [3.05, 3.63) is 71.2 Å². The van der Waals surface area contributed by atoms with Crippen LogP contribution in [0.3, 0.4) is 0 Å². The minimum Gasteiger partial charge on any atom is -0.442 e. The van der Waals surface area contributed by atoms with Gasteiger partial charge in [0, 0.05) is 29.1 Å². The van der Waals surface area contributed by atoms with E-state index < -0.39 is 11.5 Å². The first-order valence-electron chi connectivity index (χ1n) is 7.32. The third-order valence-electron chi connectivity index (χ3n) is 4.12. The van der Waals surface area contributed by atoms with Crippen LogP contribution in [0.4, 0.5) is 4.39 Å². The third kappa shape index (κ3) is 2.39. The normalized spacial score (nSPS) is 17.1.